The Balaban J connectivity index is 1.55. The summed E-state index contributed by atoms with van der Waals surface area (Å²) in [5.41, 5.74) is 6.48. The highest BCUT2D eigenvalue weighted by atomic mass is 79.9. The van der Waals surface area contributed by atoms with Crippen molar-refractivity contribution in [2.24, 2.45) is 5.73 Å². The summed E-state index contributed by atoms with van der Waals surface area (Å²) in [6.07, 6.45) is 7.68. The minimum atomic E-state index is -0.665. The summed E-state index contributed by atoms with van der Waals surface area (Å²) in [6.45, 7) is 5.48. The number of amides is 2. The zero-order valence-corrected chi connectivity index (χ0v) is 22.4. The van der Waals surface area contributed by atoms with Gasteiger partial charge in [-0.15, -0.1) is 0 Å². The third kappa shape index (κ3) is 6.94. The van der Waals surface area contributed by atoms with E-state index < -0.39 is 17.6 Å². The molecule has 13 heteroatoms. The van der Waals surface area contributed by atoms with Gasteiger partial charge < -0.3 is 26.4 Å². The van der Waals surface area contributed by atoms with Gasteiger partial charge in [-0.1, -0.05) is 12.8 Å². The first kappa shape index (κ1) is 26.3. The fraction of sp³-hybridized carbons (Fsp3) is 0.417. The molecule has 1 aromatic carbocycles. The molecule has 2 atom stereocenters. The highest BCUT2D eigenvalue weighted by Crippen LogP contribution is 2.28. The van der Waals surface area contributed by atoms with Gasteiger partial charge in [-0.25, -0.2) is 9.78 Å². The van der Waals surface area contributed by atoms with Crippen LogP contribution in [0, 0.1) is 0 Å². The maximum absolute atomic E-state index is 12.4. The molecule has 1 aliphatic rings. The molecule has 0 bridgehead atoms. The standard InChI is InChI=1S/C24H30BrN9O3/c1-24(2,3)37-23(36)32-18-7-5-4-6-17(18)31-22-27-13-15(20(26)35)21(33-22)30-14-8-9-16(25)19(12-14)34-28-10-11-29-34/h8-13,17-18H,4-7H2,1-3H3,(H2,26,35)(H,32,36)(H2,27,30,31,33)/t17-,18+/m1/s1. The van der Waals surface area contributed by atoms with E-state index in [-0.39, 0.29) is 23.5 Å². The highest BCUT2D eigenvalue weighted by molar-refractivity contribution is 9.10. The molecule has 37 heavy (non-hydrogen) atoms. The summed E-state index contributed by atoms with van der Waals surface area (Å²) in [7, 11) is 0. The molecule has 0 unspecified atom stereocenters. The molecule has 2 aromatic heterocycles. The Morgan fingerprint density at radius 3 is 2.51 bits per heavy atom. The summed E-state index contributed by atoms with van der Waals surface area (Å²) in [5.74, 6) is -0.108. The Kier molecular flexibility index (Phi) is 7.91. The van der Waals surface area contributed by atoms with E-state index >= 15 is 0 Å². The minimum absolute atomic E-state index is 0.112. The Bertz CT molecular complexity index is 1260. The maximum atomic E-state index is 12.4. The molecule has 0 radical (unpaired) electrons. The van der Waals surface area contributed by atoms with Gasteiger partial charge in [0.1, 0.15) is 22.7 Å². The molecule has 0 saturated heterocycles. The van der Waals surface area contributed by atoms with Crippen molar-refractivity contribution in [3.63, 3.8) is 0 Å². The predicted molar refractivity (Wildman–Crippen MR) is 142 cm³/mol. The highest BCUT2D eigenvalue weighted by Gasteiger charge is 2.29. The molecular formula is C24H30BrN9O3. The van der Waals surface area contributed by atoms with Gasteiger partial charge in [0.2, 0.25) is 5.95 Å². The number of halogens is 1. The van der Waals surface area contributed by atoms with Gasteiger partial charge >= 0.3 is 6.09 Å². The number of nitrogens with zero attached hydrogens (tertiary/aromatic N) is 5. The normalized spacial score (nSPS) is 17.6. The lowest BCUT2D eigenvalue weighted by Gasteiger charge is -2.33. The SMILES string of the molecule is CC(C)(C)OC(=O)N[C@H]1CCCC[C@H]1Nc1ncc(C(N)=O)c(Nc2ccc(Br)c(-n3nccn3)c2)n1. The lowest BCUT2D eigenvalue weighted by atomic mass is 9.90. The Morgan fingerprint density at radius 1 is 1.14 bits per heavy atom. The lowest BCUT2D eigenvalue weighted by Crippen LogP contribution is -2.50. The van der Waals surface area contributed by atoms with Gasteiger partial charge in [0.05, 0.1) is 18.4 Å². The number of nitrogens with two attached hydrogens (primary N) is 1. The van der Waals surface area contributed by atoms with Gasteiger partial charge in [0, 0.05) is 22.4 Å². The Morgan fingerprint density at radius 2 is 1.84 bits per heavy atom. The summed E-state index contributed by atoms with van der Waals surface area (Å²) in [5, 5.41) is 17.8. The fourth-order valence-electron chi connectivity index (χ4n) is 4.05. The van der Waals surface area contributed by atoms with Crippen molar-refractivity contribution >= 4 is 45.4 Å². The molecule has 3 aromatic rings. The minimum Gasteiger partial charge on any atom is -0.444 e. The first-order valence-corrected chi connectivity index (χ1v) is 12.7. The molecule has 1 saturated carbocycles. The number of ether oxygens (including phenoxy) is 1. The van der Waals surface area contributed by atoms with E-state index in [4.69, 9.17) is 10.5 Å². The number of nitrogens with one attached hydrogen (secondary N) is 3. The Hall–Kier alpha value is -3.74. The molecule has 5 N–H and O–H groups in total. The van der Waals surface area contributed by atoms with Crippen LogP contribution in [0.3, 0.4) is 0 Å². The van der Waals surface area contributed by atoms with Crippen LogP contribution in [0.25, 0.3) is 5.69 Å². The van der Waals surface area contributed by atoms with Crippen molar-refractivity contribution in [2.75, 3.05) is 10.6 Å². The van der Waals surface area contributed by atoms with Crippen molar-refractivity contribution in [1.29, 1.82) is 0 Å². The van der Waals surface area contributed by atoms with E-state index in [0.29, 0.717) is 17.3 Å². The monoisotopic (exact) mass is 571 g/mol. The number of hydrogen-bond acceptors (Lipinski definition) is 9. The second kappa shape index (κ2) is 11.1. The average Bonchev–Trinajstić information content (AvgIpc) is 3.35. The molecule has 0 spiro atoms. The Labute approximate surface area is 222 Å². The van der Waals surface area contributed by atoms with Crippen LogP contribution in [0.15, 0.2) is 41.3 Å². The van der Waals surface area contributed by atoms with Gasteiger partial charge in [-0.05, 0) is 67.7 Å². The van der Waals surface area contributed by atoms with E-state index in [0.717, 1.165) is 30.2 Å². The molecule has 4 rings (SSSR count). The first-order chi connectivity index (χ1) is 17.6. The van der Waals surface area contributed by atoms with Crippen LogP contribution < -0.4 is 21.7 Å². The van der Waals surface area contributed by atoms with Crippen LogP contribution >= 0.6 is 15.9 Å². The van der Waals surface area contributed by atoms with E-state index in [1.165, 1.54) is 11.0 Å². The van der Waals surface area contributed by atoms with Crippen molar-refractivity contribution in [2.45, 2.75) is 64.1 Å². The zero-order chi connectivity index (χ0) is 26.6. The number of rotatable bonds is 7. The van der Waals surface area contributed by atoms with E-state index in [1.807, 2.05) is 39.0 Å². The molecule has 0 aliphatic heterocycles. The average molecular weight is 572 g/mol. The summed E-state index contributed by atoms with van der Waals surface area (Å²) >= 11 is 3.50. The van der Waals surface area contributed by atoms with Gasteiger partial charge in [0.15, 0.2) is 0 Å². The topological polar surface area (TPSA) is 162 Å². The van der Waals surface area contributed by atoms with Gasteiger partial charge in [-0.3, -0.25) is 4.79 Å². The van der Waals surface area contributed by atoms with Crippen LogP contribution in [-0.4, -0.2) is 54.6 Å². The number of primary amides is 1. The number of alkyl carbamates (subject to hydrolysis) is 1. The van der Waals surface area contributed by atoms with Crippen LogP contribution in [0.5, 0.6) is 0 Å². The van der Waals surface area contributed by atoms with Crippen molar-refractivity contribution < 1.29 is 14.3 Å². The molecule has 12 nitrogen and oxygen atoms in total. The summed E-state index contributed by atoms with van der Waals surface area (Å²) < 4.78 is 6.21. The summed E-state index contributed by atoms with van der Waals surface area (Å²) in [6, 6.07) is 5.19. The quantitative estimate of drug-likeness (QED) is 0.329. The largest absolute Gasteiger partial charge is 0.444 e. The molecule has 2 heterocycles. The fourth-order valence-corrected chi connectivity index (χ4v) is 4.45. The van der Waals surface area contributed by atoms with Crippen molar-refractivity contribution in [1.82, 2.24) is 30.3 Å². The smallest absolute Gasteiger partial charge is 0.407 e. The number of hydrogen-bond donors (Lipinski definition) is 4. The van der Waals surface area contributed by atoms with E-state index in [9.17, 15) is 9.59 Å². The van der Waals surface area contributed by atoms with Crippen molar-refractivity contribution in [3.05, 3.63) is 46.8 Å². The van der Waals surface area contributed by atoms with Crippen LogP contribution in [0.2, 0.25) is 0 Å². The number of anilines is 3. The van der Waals surface area contributed by atoms with Crippen LogP contribution in [0.1, 0.15) is 56.8 Å². The second-order valence-corrected chi connectivity index (χ2v) is 10.6. The van der Waals surface area contributed by atoms with E-state index in [1.54, 1.807) is 12.4 Å². The molecule has 1 aliphatic carbocycles. The molecular weight excluding hydrogens is 542 g/mol. The molecule has 1 fully saturated rings. The second-order valence-electron chi connectivity index (χ2n) is 9.72. The van der Waals surface area contributed by atoms with Crippen LogP contribution in [0.4, 0.5) is 22.2 Å². The van der Waals surface area contributed by atoms with Gasteiger partial charge in [-0.2, -0.15) is 20.0 Å². The zero-order valence-electron chi connectivity index (χ0n) is 20.9. The third-order valence-corrected chi connectivity index (χ3v) is 6.35. The predicted octanol–water partition coefficient (Wildman–Crippen LogP) is 3.91. The van der Waals surface area contributed by atoms with Crippen LogP contribution in [-0.2, 0) is 4.74 Å². The van der Waals surface area contributed by atoms with Crippen molar-refractivity contribution in [3.8, 4) is 5.69 Å². The number of benzene rings is 1. The number of carbonyl (C=O) groups excluding carboxylic acids is 2. The maximum Gasteiger partial charge on any atom is 0.407 e. The third-order valence-electron chi connectivity index (χ3n) is 5.68. The van der Waals surface area contributed by atoms with Gasteiger partial charge in [0.25, 0.3) is 5.91 Å². The number of carbonyl (C=O) groups is 2. The summed E-state index contributed by atoms with van der Waals surface area (Å²) in [4.78, 5) is 34.8. The molecule has 2 amide bonds. The lowest BCUT2D eigenvalue weighted by molar-refractivity contribution is 0.0488. The number of aromatic nitrogens is 5. The first-order valence-electron chi connectivity index (χ1n) is 12.0. The molecule has 196 valence electrons. The van der Waals surface area contributed by atoms with E-state index in [2.05, 4.69) is 52.0 Å².